The van der Waals surface area contributed by atoms with Crippen molar-refractivity contribution < 1.29 is 19.0 Å². The van der Waals surface area contributed by atoms with Crippen molar-refractivity contribution in [2.75, 3.05) is 33.2 Å². The van der Waals surface area contributed by atoms with Gasteiger partial charge in [-0.3, -0.25) is 4.79 Å². The molecule has 2 rings (SSSR count). The number of hydrogen-bond acceptors (Lipinski definition) is 6. The van der Waals surface area contributed by atoms with Crippen molar-refractivity contribution in [2.45, 2.75) is 13.8 Å². The van der Waals surface area contributed by atoms with Gasteiger partial charge >= 0.3 is 0 Å². The van der Waals surface area contributed by atoms with E-state index in [1.54, 1.807) is 51.8 Å². The second kappa shape index (κ2) is 8.94. The molecular formula is C19H25N3O4. The Hall–Kier alpha value is -2.96. The molecule has 1 aromatic heterocycles. The number of amides is 1. The lowest BCUT2D eigenvalue weighted by Gasteiger charge is -2.15. The van der Waals surface area contributed by atoms with E-state index in [0.717, 1.165) is 0 Å². The van der Waals surface area contributed by atoms with Gasteiger partial charge in [-0.25, -0.2) is 4.98 Å². The summed E-state index contributed by atoms with van der Waals surface area (Å²) in [7, 11) is 4.66. The molecule has 0 aliphatic carbocycles. The fourth-order valence-electron chi connectivity index (χ4n) is 2.34. The number of benzene rings is 1. The summed E-state index contributed by atoms with van der Waals surface area (Å²) in [6.45, 7) is 4.71. The number of anilines is 2. The van der Waals surface area contributed by atoms with Gasteiger partial charge in [0.2, 0.25) is 5.75 Å². The fraction of sp³-hybridized carbons (Fsp3) is 0.368. The van der Waals surface area contributed by atoms with E-state index in [0.29, 0.717) is 46.8 Å². The monoisotopic (exact) mass is 359 g/mol. The Morgan fingerprint density at radius 2 is 1.73 bits per heavy atom. The van der Waals surface area contributed by atoms with E-state index in [9.17, 15) is 4.79 Å². The molecule has 1 aromatic carbocycles. The Labute approximate surface area is 153 Å². The quantitative estimate of drug-likeness (QED) is 0.753. The summed E-state index contributed by atoms with van der Waals surface area (Å²) in [4.78, 5) is 16.5. The number of nitrogens with zero attached hydrogens (tertiary/aromatic N) is 1. The van der Waals surface area contributed by atoms with E-state index in [1.165, 1.54) is 0 Å². The minimum absolute atomic E-state index is 0.131. The zero-order chi connectivity index (χ0) is 19.1. The number of nitrogens with one attached hydrogen (secondary N) is 2. The third kappa shape index (κ3) is 4.78. The van der Waals surface area contributed by atoms with Gasteiger partial charge in [-0.2, -0.15) is 0 Å². The van der Waals surface area contributed by atoms with Gasteiger partial charge in [0.1, 0.15) is 5.82 Å². The number of pyridine rings is 1. The van der Waals surface area contributed by atoms with Gasteiger partial charge in [-0.1, -0.05) is 13.8 Å². The van der Waals surface area contributed by atoms with E-state index >= 15 is 0 Å². The Bertz CT molecular complexity index is 737. The van der Waals surface area contributed by atoms with Crippen LogP contribution in [0.2, 0.25) is 0 Å². The smallest absolute Gasteiger partial charge is 0.251 e. The van der Waals surface area contributed by atoms with E-state index in [1.807, 2.05) is 13.8 Å². The molecule has 2 aromatic rings. The molecule has 0 spiro atoms. The summed E-state index contributed by atoms with van der Waals surface area (Å²) in [6, 6.07) is 6.91. The summed E-state index contributed by atoms with van der Waals surface area (Å²) < 4.78 is 16.0. The predicted octanol–water partition coefficient (Wildman–Crippen LogP) is 3.24. The number of rotatable bonds is 8. The van der Waals surface area contributed by atoms with Crippen molar-refractivity contribution >= 4 is 17.4 Å². The predicted molar refractivity (Wildman–Crippen MR) is 101 cm³/mol. The summed E-state index contributed by atoms with van der Waals surface area (Å²) in [5.41, 5.74) is 1.24. The zero-order valence-electron chi connectivity index (χ0n) is 15.8. The number of hydrogen-bond donors (Lipinski definition) is 2. The first-order chi connectivity index (χ1) is 12.5. The second-order valence-electron chi connectivity index (χ2n) is 6.07. The number of carbonyl (C=O) groups is 1. The lowest BCUT2D eigenvalue weighted by molar-refractivity contribution is 0.0949. The highest BCUT2D eigenvalue weighted by Crippen LogP contribution is 2.40. The molecule has 0 saturated carbocycles. The molecule has 26 heavy (non-hydrogen) atoms. The van der Waals surface area contributed by atoms with Crippen LogP contribution in [0.25, 0.3) is 0 Å². The second-order valence-corrected chi connectivity index (χ2v) is 6.07. The number of carbonyl (C=O) groups excluding carboxylic acids is 1. The molecule has 7 heteroatoms. The summed E-state index contributed by atoms with van der Waals surface area (Å²) in [6.07, 6.45) is 1.59. The maximum atomic E-state index is 12.2. The maximum Gasteiger partial charge on any atom is 0.251 e. The molecule has 1 heterocycles. The van der Waals surface area contributed by atoms with Crippen LogP contribution in [-0.4, -0.2) is 38.8 Å². The molecule has 2 N–H and O–H groups in total. The summed E-state index contributed by atoms with van der Waals surface area (Å²) in [5, 5.41) is 6.05. The van der Waals surface area contributed by atoms with Crippen molar-refractivity contribution in [1.82, 2.24) is 10.3 Å². The number of ether oxygens (including phenoxy) is 3. The Morgan fingerprint density at radius 1 is 1.08 bits per heavy atom. The van der Waals surface area contributed by atoms with E-state index in [-0.39, 0.29) is 5.91 Å². The van der Waals surface area contributed by atoms with Crippen LogP contribution in [0.5, 0.6) is 17.2 Å². The molecule has 0 fully saturated rings. The minimum atomic E-state index is -0.131. The topological polar surface area (TPSA) is 81.7 Å². The average Bonchev–Trinajstić information content (AvgIpc) is 2.65. The summed E-state index contributed by atoms with van der Waals surface area (Å²) >= 11 is 0. The average molecular weight is 359 g/mol. The van der Waals surface area contributed by atoms with E-state index in [2.05, 4.69) is 15.6 Å². The highest BCUT2D eigenvalue weighted by Gasteiger charge is 2.14. The van der Waals surface area contributed by atoms with Gasteiger partial charge in [0.25, 0.3) is 5.91 Å². The van der Waals surface area contributed by atoms with Gasteiger partial charge in [0.15, 0.2) is 11.5 Å². The van der Waals surface area contributed by atoms with E-state index < -0.39 is 0 Å². The Morgan fingerprint density at radius 3 is 2.27 bits per heavy atom. The van der Waals surface area contributed by atoms with Crippen LogP contribution in [-0.2, 0) is 0 Å². The van der Waals surface area contributed by atoms with Crippen molar-refractivity contribution in [2.24, 2.45) is 5.92 Å². The van der Waals surface area contributed by atoms with Crippen molar-refractivity contribution in [1.29, 1.82) is 0 Å². The number of aromatic nitrogens is 1. The lowest BCUT2D eigenvalue weighted by atomic mass is 10.2. The van der Waals surface area contributed by atoms with Crippen LogP contribution in [0.4, 0.5) is 11.5 Å². The van der Waals surface area contributed by atoms with Crippen LogP contribution in [0.15, 0.2) is 30.5 Å². The van der Waals surface area contributed by atoms with Crippen LogP contribution >= 0.6 is 0 Å². The van der Waals surface area contributed by atoms with Crippen molar-refractivity contribution in [3.63, 3.8) is 0 Å². The van der Waals surface area contributed by atoms with Crippen LogP contribution in [0.1, 0.15) is 24.2 Å². The van der Waals surface area contributed by atoms with Gasteiger partial charge in [-0.05, 0) is 18.1 Å². The van der Waals surface area contributed by atoms with Crippen LogP contribution in [0, 0.1) is 5.92 Å². The van der Waals surface area contributed by atoms with Crippen molar-refractivity contribution in [3.8, 4) is 17.2 Å². The third-order valence-electron chi connectivity index (χ3n) is 3.63. The normalized spacial score (nSPS) is 10.4. The maximum absolute atomic E-state index is 12.2. The van der Waals surface area contributed by atoms with Gasteiger partial charge < -0.3 is 24.8 Å². The first-order valence-corrected chi connectivity index (χ1v) is 8.29. The minimum Gasteiger partial charge on any atom is -0.493 e. The SMILES string of the molecule is COc1cc(Nc2cc(C(=O)NCC(C)C)ccn2)cc(OC)c1OC. The Balaban J connectivity index is 2.23. The van der Waals surface area contributed by atoms with Crippen LogP contribution in [0.3, 0.4) is 0 Å². The molecular weight excluding hydrogens is 334 g/mol. The first-order valence-electron chi connectivity index (χ1n) is 8.29. The molecule has 1 amide bonds. The third-order valence-corrected chi connectivity index (χ3v) is 3.63. The number of methoxy groups -OCH3 is 3. The highest BCUT2D eigenvalue weighted by atomic mass is 16.5. The van der Waals surface area contributed by atoms with Gasteiger partial charge in [-0.15, -0.1) is 0 Å². The molecule has 0 radical (unpaired) electrons. The summed E-state index contributed by atoms with van der Waals surface area (Å²) in [5.74, 6) is 2.36. The van der Waals surface area contributed by atoms with Gasteiger partial charge in [0.05, 0.1) is 21.3 Å². The molecule has 0 aliphatic rings. The molecule has 140 valence electrons. The molecule has 0 aliphatic heterocycles. The van der Waals surface area contributed by atoms with Gasteiger partial charge in [0, 0.05) is 36.1 Å². The van der Waals surface area contributed by atoms with Crippen LogP contribution < -0.4 is 24.8 Å². The molecule has 7 nitrogen and oxygen atoms in total. The molecule has 0 unspecified atom stereocenters. The standard InChI is InChI=1S/C19H25N3O4/c1-12(2)11-21-19(23)13-6-7-20-17(8-13)22-14-9-15(24-3)18(26-5)16(10-14)25-4/h6-10,12H,11H2,1-5H3,(H,20,22)(H,21,23). The molecule has 0 atom stereocenters. The lowest BCUT2D eigenvalue weighted by Crippen LogP contribution is -2.27. The molecule has 0 bridgehead atoms. The van der Waals surface area contributed by atoms with E-state index in [4.69, 9.17) is 14.2 Å². The highest BCUT2D eigenvalue weighted by molar-refractivity contribution is 5.94. The Kier molecular flexibility index (Phi) is 6.66. The van der Waals surface area contributed by atoms with Crippen molar-refractivity contribution in [3.05, 3.63) is 36.0 Å². The first kappa shape index (κ1) is 19.4. The zero-order valence-corrected chi connectivity index (χ0v) is 15.8. The molecule has 0 saturated heterocycles. The fourth-order valence-corrected chi connectivity index (χ4v) is 2.34. The largest absolute Gasteiger partial charge is 0.493 e.